The molecule has 0 unspecified atom stereocenters. The molecule has 1 aliphatic rings. The van der Waals surface area contributed by atoms with Crippen LogP contribution in [0.4, 0.5) is 4.39 Å². The van der Waals surface area contributed by atoms with E-state index in [1.807, 2.05) is 0 Å². The number of carbonyl (C=O) groups is 1. The predicted octanol–water partition coefficient (Wildman–Crippen LogP) is 0.409. The van der Waals surface area contributed by atoms with Crippen molar-refractivity contribution in [3.8, 4) is 0 Å². The fourth-order valence-corrected chi connectivity index (χ4v) is 1.45. The van der Waals surface area contributed by atoms with Crippen LogP contribution in [0.5, 0.6) is 0 Å². The molecule has 0 spiro atoms. The smallest absolute Gasteiger partial charge is 0.343 e. The first-order valence-electron chi connectivity index (χ1n) is 3.74. The SMILES string of the molecule is CC[C@@H]1CNC[C@@]1(F)C(=O)O. The molecule has 2 atom stereocenters. The van der Waals surface area contributed by atoms with Crippen LogP contribution in [-0.2, 0) is 4.79 Å². The lowest BCUT2D eigenvalue weighted by Crippen LogP contribution is -2.41. The molecule has 0 aliphatic carbocycles. The van der Waals surface area contributed by atoms with E-state index in [1.54, 1.807) is 6.92 Å². The molecule has 3 nitrogen and oxygen atoms in total. The van der Waals surface area contributed by atoms with E-state index in [2.05, 4.69) is 5.32 Å². The van der Waals surface area contributed by atoms with Crippen LogP contribution in [0.3, 0.4) is 0 Å². The van der Waals surface area contributed by atoms with Crippen LogP contribution < -0.4 is 5.32 Å². The molecule has 0 aromatic rings. The van der Waals surface area contributed by atoms with Crippen molar-refractivity contribution in [2.45, 2.75) is 19.0 Å². The first-order valence-corrected chi connectivity index (χ1v) is 3.74. The highest BCUT2D eigenvalue weighted by atomic mass is 19.1. The van der Waals surface area contributed by atoms with Crippen molar-refractivity contribution in [1.82, 2.24) is 5.32 Å². The summed E-state index contributed by atoms with van der Waals surface area (Å²) in [5.74, 6) is -1.71. The zero-order chi connectivity index (χ0) is 8.48. The van der Waals surface area contributed by atoms with Crippen molar-refractivity contribution in [1.29, 1.82) is 0 Å². The van der Waals surface area contributed by atoms with Crippen molar-refractivity contribution in [2.24, 2.45) is 5.92 Å². The van der Waals surface area contributed by atoms with E-state index in [4.69, 9.17) is 5.11 Å². The number of nitrogens with one attached hydrogen (secondary N) is 1. The van der Waals surface area contributed by atoms with Gasteiger partial charge in [0.25, 0.3) is 0 Å². The maximum absolute atomic E-state index is 13.4. The number of hydrogen-bond donors (Lipinski definition) is 2. The van der Waals surface area contributed by atoms with Gasteiger partial charge < -0.3 is 10.4 Å². The Morgan fingerprint density at radius 3 is 2.91 bits per heavy atom. The summed E-state index contributed by atoms with van der Waals surface area (Å²) in [5.41, 5.74) is -2.03. The second-order valence-corrected chi connectivity index (χ2v) is 2.90. The third kappa shape index (κ3) is 1.22. The molecule has 1 aliphatic heterocycles. The minimum absolute atomic E-state index is 0.0547. The standard InChI is InChI=1S/C7H12FNO2/c1-2-5-3-9-4-7(5,8)6(10)11/h5,9H,2-4H2,1H3,(H,10,11)/t5-,7+/m1/s1. The number of carboxylic acids is 1. The Kier molecular flexibility index (Phi) is 2.13. The highest BCUT2D eigenvalue weighted by molar-refractivity contribution is 5.78. The Bertz CT molecular complexity index is 174. The molecule has 1 fully saturated rings. The predicted molar refractivity (Wildman–Crippen MR) is 38.1 cm³/mol. The van der Waals surface area contributed by atoms with Gasteiger partial charge in [-0.3, -0.25) is 0 Å². The van der Waals surface area contributed by atoms with Crippen molar-refractivity contribution >= 4 is 5.97 Å². The maximum atomic E-state index is 13.4. The molecular weight excluding hydrogens is 149 g/mol. The van der Waals surface area contributed by atoms with Crippen molar-refractivity contribution in [3.05, 3.63) is 0 Å². The van der Waals surface area contributed by atoms with Crippen LogP contribution in [0.15, 0.2) is 0 Å². The molecule has 0 radical (unpaired) electrons. The topological polar surface area (TPSA) is 49.3 Å². The van der Waals surface area contributed by atoms with Crippen LogP contribution in [0, 0.1) is 5.92 Å². The highest BCUT2D eigenvalue weighted by Gasteiger charge is 2.49. The molecule has 0 bridgehead atoms. The van der Waals surface area contributed by atoms with Crippen molar-refractivity contribution < 1.29 is 14.3 Å². The van der Waals surface area contributed by atoms with Gasteiger partial charge in [0.2, 0.25) is 5.67 Å². The van der Waals surface area contributed by atoms with E-state index in [1.165, 1.54) is 0 Å². The average Bonchev–Trinajstić information content (AvgIpc) is 2.32. The van der Waals surface area contributed by atoms with Crippen molar-refractivity contribution in [2.75, 3.05) is 13.1 Å². The molecule has 0 saturated carbocycles. The van der Waals surface area contributed by atoms with Crippen LogP contribution >= 0.6 is 0 Å². The van der Waals surface area contributed by atoms with Gasteiger partial charge in [0.15, 0.2) is 0 Å². The quantitative estimate of drug-likeness (QED) is 0.616. The minimum atomic E-state index is -2.03. The van der Waals surface area contributed by atoms with Crippen LogP contribution in [-0.4, -0.2) is 29.8 Å². The van der Waals surface area contributed by atoms with Gasteiger partial charge in [-0.05, 0) is 6.42 Å². The fraction of sp³-hybridized carbons (Fsp3) is 0.857. The van der Waals surface area contributed by atoms with Crippen LogP contribution in [0.25, 0.3) is 0 Å². The Morgan fingerprint density at radius 2 is 2.55 bits per heavy atom. The first-order chi connectivity index (χ1) is 5.11. The summed E-state index contributed by atoms with van der Waals surface area (Å²) in [7, 11) is 0. The number of hydrogen-bond acceptors (Lipinski definition) is 2. The molecule has 0 aromatic heterocycles. The maximum Gasteiger partial charge on any atom is 0.343 e. The van der Waals surface area contributed by atoms with Crippen LogP contribution in [0.2, 0.25) is 0 Å². The lowest BCUT2D eigenvalue weighted by atomic mass is 9.91. The van der Waals surface area contributed by atoms with Crippen LogP contribution in [0.1, 0.15) is 13.3 Å². The van der Waals surface area contributed by atoms with Gasteiger partial charge in [0.05, 0.1) is 0 Å². The van der Waals surface area contributed by atoms with Crippen molar-refractivity contribution in [3.63, 3.8) is 0 Å². The second kappa shape index (κ2) is 2.77. The van der Waals surface area contributed by atoms with Gasteiger partial charge in [-0.1, -0.05) is 6.92 Å². The third-order valence-corrected chi connectivity index (χ3v) is 2.27. The number of carboxylic acid groups (broad SMARTS) is 1. The zero-order valence-corrected chi connectivity index (χ0v) is 6.43. The summed E-state index contributed by atoms with van der Waals surface area (Å²) in [6.45, 7) is 2.22. The lowest BCUT2D eigenvalue weighted by Gasteiger charge is -2.19. The second-order valence-electron chi connectivity index (χ2n) is 2.90. The molecular formula is C7H12FNO2. The Hall–Kier alpha value is -0.640. The largest absolute Gasteiger partial charge is 0.479 e. The summed E-state index contributed by atoms with van der Waals surface area (Å²) in [5, 5.41) is 11.3. The summed E-state index contributed by atoms with van der Waals surface area (Å²) in [6.07, 6.45) is 0.565. The van der Waals surface area contributed by atoms with Gasteiger partial charge in [0, 0.05) is 19.0 Å². The zero-order valence-electron chi connectivity index (χ0n) is 6.43. The number of aliphatic carboxylic acids is 1. The van der Waals surface area contributed by atoms with E-state index in [-0.39, 0.29) is 12.5 Å². The normalized spacial score (nSPS) is 37.5. The molecule has 0 aromatic carbocycles. The van der Waals surface area contributed by atoms with E-state index in [9.17, 15) is 9.18 Å². The van der Waals surface area contributed by atoms with Gasteiger partial charge >= 0.3 is 5.97 Å². The van der Waals surface area contributed by atoms with E-state index >= 15 is 0 Å². The Balaban J connectivity index is 2.75. The molecule has 0 amide bonds. The molecule has 64 valence electrons. The molecule has 1 heterocycles. The molecule has 11 heavy (non-hydrogen) atoms. The molecule has 1 saturated heterocycles. The monoisotopic (exact) mass is 161 g/mol. The average molecular weight is 161 g/mol. The molecule has 1 rings (SSSR count). The summed E-state index contributed by atoms with van der Waals surface area (Å²) < 4.78 is 13.4. The Morgan fingerprint density at radius 1 is 1.91 bits per heavy atom. The highest BCUT2D eigenvalue weighted by Crippen LogP contribution is 2.28. The van der Waals surface area contributed by atoms with Gasteiger partial charge in [-0.2, -0.15) is 0 Å². The number of rotatable bonds is 2. The van der Waals surface area contributed by atoms with Gasteiger partial charge in [-0.15, -0.1) is 0 Å². The van der Waals surface area contributed by atoms with E-state index in [0.29, 0.717) is 13.0 Å². The Labute approximate surface area is 64.6 Å². The number of halogens is 1. The number of alkyl halides is 1. The third-order valence-electron chi connectivity index (χ3n) is 2.27. The van der Waals surface area contributed by atoms with Gasteiger partial charge in [0.1, 0.15) is 0 Å². The molecule has 2 N–H and O–H groups in total. The summed E-state index contributed by atoms with van der Waals surface area (Å²) in [6, 6.07) is 0. The minimum Gasteiger partial charge on any atom is -0.479 e. The van der Waals surface area contributed by atoms with E-state index in [0.717, 1.165) is 0 Å². The molecule has 4 heteroatoms. The van der Waals surface area contributed by atoms with Gasteiger partial charge in [-0.25, -0.2) is 9.18 Å². The fourth-order valence-electron chi connectivity index (χ4n) is 1.45. The first kappa shape index (κ1) is 8.46. The summed E-state index contributed by atoms with van der Waals surface area (Å²) in [4.78, 5) is 10.5. The summed E-state index contributed by atoms with van der Waals surface area (Å²) >= 11 is 0. The lowest BCUT2D eigenvalue weighted by molar-refractivity contribution is -0.152. The van der Waals surface area contributed by atoms with E-state index < -0.39 is 11.6 Å².